The molecule has 2 amide bonds. The Morgan fingerprint density at radius 3 is 2.58 bits per heavy atom. The van der Waals surface area contributed by atoms with E-state index in [-0.39, 0.29) is 11.8 Å². The molecule has 0 fully saturated rings. The molecule has 2 aromatic rings. The van der Waals surface area contributed by atoms with Crippen LogP contribution in [0.25, 0.3) is 0 Å². The number of carbonyl (C=O) groups is 2. The van der Waals surface area contributed by atoms with E-state index in [9.17, 15) is 9.59 Å². The third-order valence-corrected chi connectivity index (χ3v) is 6.13. The molecule has 1 atom stereocenters. The highest BCUT2D eigenvalue weighted by atomic mass is 32.2. The van der Waals surface area contributed by atoms with E-state index in [2.05, 4.69) is 24.4 Å². The minimum absolute atomic E-state index is 0.0279. The lowest BCUT2D eigenvalue weighted by molar-refractivity contribution is -0.139. The normalized spacial score (nSPS) is 11.6. The van der Waals surface area contributed by atoms with E-state index in [4.69, 9.17) is 4.74 Å². The van der Waals surface area contributed by atoms with E-state index < -0.39 is 6.04 Å². The van der Waals surface area contributed by atoms with Gasteiger partial charge in [0.2, 0.25) is 11.8 Å². The van der Waals surface area contributed by atoms with Crippen LogP contribution in [0.15, 0.2) is 48.5 Å². The van der Waals surface area contributed by atoms with Crippen molar-refractivity contribution in [3.8, 4) is 5.75 Å². The van der Waals surface area contributed by atoms with Crippen molar-refractivity contribution in [2.24, 2.45) is 0 Å². The van der Waals surface area contributed by atoms with E-state index in [0.717, 1.165) is 23.5 Å². The average Bonchev–Trinajstić information content (AvgIpc) is 2.78. The number of methoxy groups -OCH3 is 1. The summed E-state index contributed by atoms with van der Waals surface area (Å²) in [6, 6.07) is 15.4. The molecule has 168 valence electrons. The molecule has 0 aliphatic heterocycles. The highest BCUT2D eigenvalue weighted by Gasteiger charge is 2.28. The summed E-state index contributed by atoms with van der Waals surface area (Å²) in [5.41, 5.74) is 3.40. The number of nitrogens with zero attached hydrogens (tertiary/aromatic N) is 1. The van der Waals surface area contributed by atoms with Crippen molar-refractivity contribution in [3.63, 3.8) is 0 Å². The Labute approximate surface area is 190 Å². The predicted molar refractivity (Wildman–Crippen MR) is 128 cm³/mol. The van der Waals surface area contributed by atoms with Crippen LogP contribution in [0.4, 0.5) is 0 Å². The molecule has 0 bridgehead atoms. The van der Waals surface area contributed by atoms with Gasteiger partial charge < -0.3 is 15.0 Å². The maximum Gasteiger partial charge on any atom is 0.242 e. The second-order valence-corrected chi connectivity index (χ2v) is 8.49. The van der Waals surface area contributed by atoms with E-state index >= 15 is 0 Å². The molecular formula is C25H34N2O3S. The van der Waals surface area contributed by atoms with Gasteiger partial charge in [-0.25, -0.2) is 0 Å². The van der Waals surface area contributed by atoms with Gasteiger partial charge in [-0.05, 0) is 48.6 Å². The number of hydrogen-bond acceptors (Lipinski definition) is 4. The molecule has 0 aliphatic carbocycles. The van der Waals surface area contributed by atoms with Gasteiger partial charge in [-0.2, -0.15) is 0 Å². The maximum atomic E-state index is 13.2. The smallest absolute Gasteiger partial charge is 0.242 e. The number of ether oxygens (including phenoxy) is 1. The maximum absolute atomic E-state index is 13.2. The Balaban J connectivity index is 2.15. The first kappa shape index (κ1) is 24.8. The summed E-state index contributed by atoms with van der Waals surface area (Å²) in [4.78, 5) is 27.8. The minimum atomic E-state index is -0.496. The van der Waals surface area contributed by atoms with Crippen LogP contribution in [0.3, 0.4) is 0 Å². The summed E-state index contributed by atoms with van der Waals surface area (Å²) < 4.78 is 5.32. The van der Waals surface area contributed by atoms with Crippen molar-refractivity contribution in [2.75, 3.05) is 19.4 Å². The van der Waals surface area contributed by atoms with Crippen molar-refractivity contribution in [3.05, 3.63) is 65.2 Å². The van der Waals surface area contributed by atoms with Crippen molar-refractivity contribution < 1.29 is 14.3 Å². The summed E-state index contributed by atoms with van der Waals surface area (Å²) >= 11 is 1.59. The molecule has 2 rings (SSSR count). The molecule has 0 aromatic heterocycles. The number of amides is 2. The van der Waals surface area contributed by atoms with Crippen LogP contribution in [0.2, 0.25) is 0 Å². The molecule has 31 heavy (non-hydrogen) atoms. The van der Waals surface area contributed by atoms with Gasteiger partial charge in [0.25, 0.3) is 0 Å². The molecule has 0 unspecified atom stereocenters. The number of hydrogen-bond donors (Lipinski definition) is 1. The molecule has 2 aromatic carbocycles. The first-order valence-corrected chi connectivity index (χ1v) is 12.0. The van der Waals surface area contributed by atoms with Crippen LogP contribution >= 0.6 is 11.8 Å². The van der Waals surface area contributed by atoms with Gasteiger partial charge in [0.1, 0.15) is 11.8 Å². The van der Waals surface area contributed by atoms with Gasteiger partial charge in [-0.15, -0.1) is 11.8 Å². The fourth-order valence-electron chi connectivity index (χ4n) is 3.36. The number of thioether (sulfide) groups is 1. The van der Waals surface area contributed by atoms with Gasteiger partial charge in [0, 0.05) is 18.8 Å². The van der Waals surface area contributed by atoms with Gasteiger partial charge in [0.05, 0.1) is 12.9 Å². The van der Waals surface area contributed by atoms with Crippen LogP contribution in [0.1, 0.15) is 43.4 Å². The molecule has 5 nitrogen and oxygen atoms in total. The Morgan fingerprint density at radius 1 is 1.13 bits per heavy atom. The summed E-state index contributed by atoms with van der Waals surface area (Å²) in [7, 11) is 1.62. The molecule has 6 heteroatoms. The number of aryl methyl sites for hydroxylation is 1. The van der Waals surface area contributed by atoms with Crippen molar-refractivity contribution in [2.45, 2.75) is 52.0 Å². The summed E-state index contributed by atoms with van der Waals surface area (Å²) in [5, 5.41) is 2.95. The Bertz CT molecular complexity index is 856. The lowest BCUT2D eigenvalue weighted by atomic mass is 10.1. The molecule has 0 saturated heterocycles. The zero-order valence-electron chi connectivity index (χ0n) is 19.0. The van der Waals surface area contributed by atoms with Crippen LogP contribution in [-0.2, 0) is 21.9 Å². The van der Waals surface area contributed by atoms with Crippen molar-refractivity contribution in [1.82, 2.24) is 10.2 Å². The van der Waals surface area contributed by atoms with E-state index in [1.54, 1.807) is 23.8 Å². The number of rotatable bonds is 12. The Morgan fingerprint density at radius 2 is 1.90 bits per heavy atom. The standard InChI is InChI=1S/C25H34N2O3S/c1-5-14-26-25(29)23(6-2)27(16-20-11-9-13-22(15-20)30-4)24(28)18-31-17-21-12-8-7-10-19(21)3/h7-13,15,23H,5-6,14,16-18H2,1-4H3,(H,26,29)/t23-/m1/s1. The first-order chi connectivity index (χ1) is 15.0. The molecule has 0 radical (unpaired) electrons. The first-order valence-electron chi connectivity index (χ1n) is 10.8. The number of carbonyl (C=O) groups excluding carboxylic acids is 2. The summed E-state index contributed by atoms with van der Waals surface area (Å²) in [6.07, 6.45) is 1.42. The number of benzene rings is 2. The van der Waals surface area contributed by atoms with Crippen LogP contribution in [0.5, 0.6) is 5.75 Å². The molecule has 0 heterocycles. The highest BCUT2D eigenvalue weighted by Crippen LogP contribution is 2.20. The van der Waals surface area contributed by atoms with Crippen LogP contribution in [0, 0.1) is 6.92 Å². The molecule has 0 aliphatic rings. The molecule has 1 N–H and O–H groups in total. The average molecular weight is 443 g/mol. The lowest BCUT2D eigenvalue weighted by Gasteiger charge is -2.30. The van der Waals surface area contributed by atoms with Crippen LogP contribution in [-0.4, -0.2) is 42.2 Å². The fourth-order valence-corrected chi connectivity index (χ4v) is 4.34. The van der Waals surface area contributed by atoms with Gasteiger partial charge in [0.15, 0.2) is 0 Å². The quantitative estimate of drug-likeness (QED) is 0.523. The number of nitrogens with one attached hydrogen (secondary N) is 1. The van der Waals surface area contributed by atoms with Crippen molar-refractivity contribution in [1.29, 1.82) is 0 Å². The van der Waals surface area contributed by atoms with E-state index in [0.29, 0.717) is 25.3 Å². The van der Waals surface area contributed by atoms with Crippen LogP contribution < -0.4 is 10.1 Å². The van der Waals surface area contributed by atoms with Gasteiger partial charge in [-0.3, -0.25) is 9.59 Å². The topological polar surface area (TPSA) is 58.6 Å². The zero-order valence-corrected chi connectivity index (χ0v) is 19.8. The fraction of sp³-hybridized carbons (Fsp3) is 0.440. The molecule has 0 saturated carbocycles. The third-order valence-electron chi connectivity index (χ3n) is 5.17. The summed E-state index contributed by atoms with van der Waals surface area (Å²) in [6.45, 7) is 7.03. The largest absolute Gasteiger partial charge is 0.497 e. The van der Waals surface area contributed by atoms with Crippen molar-refractivity contribution >= 4 is 23.6 Å². The minimum Gasteiger partial charge on any atom is -0.497 e. The van der Waals surface area contributed by atoms with Gasteiger partial charge in [-0.1, -0.05) is 50.2 Å². The van der Waals surface area contributed by atoms with E-state index in [1.165, 1.54) is 11.1 Å². The zero-order chi connectivity index (χ0) is 22.6. The molecule has 0 spiro atoms. The highest BCUT2D eigenvalue weighted by molar-refractivity contribution is 7.99. The summed E-state index contributed by atoms with van der Waals surface area (Å²) in [5.74, 6) is 1.71. The second kappa shape index (κ2) is 13.1. The molecular weight excluding hydrogens is 408 g/mol. The predicted octanol–water partition coefficient (Wildman–Crippen LogP) is 4.57. The Hall–Kier alpha value is -2.47. The van der Waals surface area contributed by atoms with E-state index in [1.807, 2.05) is 50.2 Å². The van der Waals surface area contributed by atoms with Gasteiger partial charge >= 0.3 is 0 Å². The Kier molecular flexibility index (Phi) is 10.4. The SMILES string of the molecule is CCCNC(=O)[C@@H](CC)N(Cc1cccc(OC)c1)C(=O)CSCc1ccccc1C. The second-order valence-electron chi connectivity index (χ2n) is 7.51. The monoisotopic (exact) mass is 442 g/mol. The lowest BCUT2D eigenvalue weighted by Crippen LogP contribution is -2.49. The third kappa shape index (κ3) is 7.62.